The van der Waals surface area contributed by atoms with Crippen LogP contribution in [-0.2, 0) is 6.42 Å². The normalized spacial score (nSPS) is 11.1. The van der Waals surface area contributed by atoms with Gasteiger partial charge in [0.05, 0.1) is 30.8 Å². The highest BCUT2D eigenvalue weighted by Crippen LogP contribution is 2.35. The zero-order chi connectivity index (χ0) is 29.5. The molecule has 41 heavy (non-hydrogen) atoms. The third-order valence-corrected chi connectivity index (χ3v) is 6.61. The lowest BCUT2D eigenvalue weighted by molar-refractivity contribution is 0.297. The zero-order valence-corrected chi connectivity index (χ0v) is 24.1. The van der Waals surface area contributed by atoms with Gasteiger partial charge in [-0.15, -0.1) is 6.58 Å². The number of aryl methyl sites for hydroxylation is 1. The van der Waals surface area contributed by atoms with Crippen LogP contribution in [-0.4, -0.2) is 36.2 Å². The number of benzene rings is 3. The summed E-state index contributed by atoms with van der Waals surface area (Å²) in [5.74, 6) is 2.38. The number of fused-ring (bicyclic) bond motifs is 1. The Kier molecular flexibility index (Phi) is 9.20. The Labute approximate surface area is 240 Å². The smallest absolute Gasteiger partial charge is 0.282 e. The molecule has 1 aromatic heterocycles. The molecule has 0 radical (unpaired) electrons. The zero-order valence-electron chi connectivity index (χ0n) is 24.1. The molecule has 0 aliphatic carbocycles. The van der Waals surface area contributed by atoms with Gasteiger partial charge < -0.3 is 14.2 Å². The second kappa shape index (κ2) is 13.0. The van der Waals surface area contributed by atoms with Crippen molar-refractivity contribution in [2.24, 2.45) is 5.10 Å². The van der Waals surface area contributed by atoms with Gasteiger partial charge in [-0.2, -0.15) is 15.0 Å². The molecule has 3 aromatic carbocycles. The fraction of sp³-hybridized carbons (Fsp3) is 0.273. The summed E-state index contributed by atoms with van der Waals surface area (Å²) in [6.45, 7) is 12.2. The summed E-state index contributed by atoms with van der Waals surface area (Å²) >= 11 is 0. The highest BCUT2D eigenvalue weighted by atomic mass is 16.5. The predicted molar refractivity (Wildman–Crippen MR) is 162 cm³/mol. The summed E-state index contributed by atoms with van der Waals surface area (Å²) in [5, 5.41) is 14.2. The Morgan fingerprint density at radius 1 is 1.15 bits per heavy atom. The third kappa shape index (κ3) is 6.15. The largest absolute Gasteiger partial charge is 0.496 e. The van der Waals surface area contributed by atoms with E-state index in [1.807, 2.05) is 56.3 Å². The van der Waals surface area contributed by atoms with Crippen molar-refractivity contribution in [3.8, 4) is 34.7 Å². The standard InChI is InChI=1S/C33H34N4O4/c1-7-11-24-17-23(18-30(40-8-2)31(24)41-15-14-34)20-35-37-32(36-28-13-10-9-12-25(28)33(37)38)27-19-26(21(3)4)29(39-6)16-22(27)5/h7,9-10,12-13,16-21H,1,8,11,15H2,2-6H3. The maximum atomic E-state index is 13.8. The van der Waals surface area contributed by atoms with E-state index in [-0.39, 0.29) is 18.1 Å². The van der Waals surface area contributed by atoms with E-state index < -0.39 is 0 Å². The molecule has 0 aliphatic rings. The summed E-state index contributed by atoms with van der Waals surface area (Å²) in [5.41, 5.74) is 4.49. The molecule has 0 bridgehead atoms. The van der Waals surface area contributed by atoms with E-state index in [9.17, 15) is 4.79 Å². The van der Waals surface area contributed by atoms with E-state index in [1.54, 1.807) is 31.5 Å². The van der Waals surface area contributed by atoms with E-state index in [0.717, 1.165) is 28.0 Å². The van der Waals surface area contributed by atoms with E-state index >= 15 is 0 Å². The van der Waals surface area contributed by atoms with Crippen LogP contribution in [0, 0.1) is 18.3 Å². The first-order chi connectivity index (χ1) is 19.8. The lowest BCUT2D eigenvalue weighted by Gasteiger charge is -2.17. The lowest BCUT2D eigenvalue weighted by Crippen LogP contribution is -2.21. The topological polar surface area (TPSA) is 98.7 Å². The Bertz CT molecular complexity index is 1710. The van der Waals surface area contributed by atoms with Crippen LogP contribution in [0.15, 0.2) is 71.1 Å². The van der Waals surface area contributed by atoms with Crippen LogP contribution in [0.3, 0.4) is 0 Å². The first-order valence-corrected chi connectivity index (χ1v) is 13.5. The van der Waals surface area contributed by atoms with Gasteiger partial charge >= 0.3 is 0 Å². The van der Waals surface area contributed by atoms with Gasteiger partial charge in [0.1, 0.15) is 11.8 Å². The molecule has 0 aliphatic heterocycles. The number of aromatic nitrogens is 2. The molecule has 0 saturated carbocycles. The summed E-state index contributed by atoms with van der Waals surface area (Å²) in [4.78, 5) is 18.7. The van der Waals surface area contributed by atoms with Crippen LogP contribution < -0.4 is 19.8 Å². The highest BCUT2D eigenvalue weighted by Gasteiger charge is 2.19. The molecule has 0 saturated heterocycles. The van der Waals surface area contributed by atoms with Gasteiger partial charge in [-0.1, -0.05) is 32.1 Å². The summed E-state index contributed by atoms with van der Waals surface area (Å²) in [6.07, 6.45) is 3.85. The van der Waals surface area contributed by atoms with Gasteiger partial charge in [-0.05, 0) is 79.3 Å². The quantitative estimate of drug-likeness (QED) is 0.158. The number of nitrogens with zero attached hydrogens (tertiary/aromatic N) is 4. The first kappa shape index (κ1) is 29.1. The number of methoxy groups -OCH3 is 1. The van der Waals surface area contributed by atoms with Crippen LogP contribution in [0.2, 0.25) is 0 Å². The Balaban J connectivity index is 1.94. The van der Waals surface area contributed by atoms with E-state index in [1.165, 1.54) is 4.68 Å². The van der Waals surface area contributed by atoms with Crippen molar-refractivity contribution in [1.29, 1.82) is 5.26 Å². The minimum Gasteiger partial charge on any atom is -0.496 e. The molecule has 0 unspecified atom stereocenters. The Hall–Kier alpha value is -4.90. The maximum absolute atomic E-state index is 13.8. The van der Waals surface area contributed by atoms with Crippen molar-refractivity contribution in [2.75, 3.05) is 20.3 Å². The number of hydrogen-bond donors (Lipinski definition) is 0. The minimum atomic E-state index is -0.284. The molecule has 0 spiro atoms. The lowest BCUT2D eigenvalue weighted by atomic mass is 9.96. The van der Waals surface area contributed by atoms with E-state index in [4.69, 9.17) is 24.5 Å². The number of hydrogen-bond acceptors (Lipinski definition) is 7. The number of para-hydroxylation sites is 1. The highest BCUT2D eigenvalue weighted by molar-refractivity contribution is 5.83. The predicted octanol–water partition coefficient (Wildman–Crippen LogP) is 6.42. The van der Waals surface area contributed by atoms with Gasteiger partial charge in [-0.25, -0.2) is 4.98 Å². The molecule has 0 fully saturated rings. The van der Waals surface area contributed by atoms with Crippen LogP contribution in [0.1, 0.15) is 48.9 Å². The van der Waals surface area contributed by atoms with Crippen LogP contribution in [0.25, 0.3) is 22.3 Å². The van der Waals surface area contributed by atoms with Crippen molar-refractivity contribution < 1.29 is 14.2 Å². The van der Waals surface area contributed by atoms with Gasteiger partial charge in [0.2, 0.25) is 0 Å². The maximum Gasteiger partial charge on any atom is 0.282 e. The first-order valence-electron chi connectivity index (χ1n) is 13.5. The molecular formula is C33H34N4O4. The van der Waals surface area contributed by atoms with Crippen LogP contribution >= 0.6 is 0 Å². The van der Waals surface area contributed by atoms with Gasteiger partial charge in [0.25, 0.3) is 5.56 Å². The molecule has 0 N–H and O–H groups in total. The number of rotatable bonds is 11. The number of ether oxygens (including phenoxy) is 3. The second-order valence-electron chi connectivity index (χ2n) is 9.76. The molecule has 1 heterocycles. The molecular weight excluding hydrogens is 516 g/mol. The van der Waals surface area contributed by atoms with Gasteiger partial charge in [0, 0.05) is 11.1 Å². The third-order valence-electron chi connectivity index (χ3n) is 6.61. The summed E-state index contributed by atoms with van der Waals surface area (Å²) in [6, 6.07) is 16.9. The fourth-order valence-corrected chi connectivity index (χ4v) is 4.69. The van der Waals surface area contributed by atoms with Crippen molar-refractivity contribution in [2.45, 2.75) is 40.0 Å². The van der Waals surface area contributed by atoms with E-state index in [2.05, 4.69) is 25.5 Å². The molecule has 4 rings (SSSR count). The van der Waals surface area contributed by atoms with Crippen molar-refractivity contribution >= 4 is 17.1 Å². The van der Waals surface area contributed by atoms with E-state index in [0.29, 0.717) is 46.8 Å². The van der Waals surface area contributed by atoms with Crippen molar-refractivity contribution in [3.63, 3.8) is 0 Å². The monoisotopic (exact) mass is 550 g/mol. The molecule has 0 amide bonds. The number of allylic oxidation sites excluding steroid dienone is 1. The average Bonchev–Trinajstić information content (AvgIpc) is 2.96. The summed E-state index contributed by atoms with van der Waals surface area (Å²) in [7, 11) is 1.66. The van der Waals surface area contributed by atoms with Crippen molar-refractivity contribution in [1.82, 2.24) is 9.66 Å². The number of nitriles is 1. The Morgan fingerprint density at radius 2 is 1.93 bits per heavy atom. The fourth-order valence-electron chi connectivity index (χ4n) is 4.69. The minimum absolute atomic E-state index is 0.112. The molecule has 8 heteroatoms. The SMILES string of the molecule is C=CCc1cc(C=Nn2c(-c3cc(C(C)C)c(OC)cc3C)nc3ccccc3c2=O)cc(OCC)c1OCC#N. The molecule has 8 nitrogen and oxygen atoms in total. The molecule has 210 valence electrons. The Morgan fingerprint density at radius 3 is 2.61 bits per heavy atom. The second-order valence-corrected chi connectivity index (χ2v) is 9.76. The molecule has 4 aromatic rings. The van der Waals surface area contributed by atoms with Crippen LogP contribution in [0.5, 0.6) is 17.2 Å². The van der Waals surface area contributed by atoms with Gasteiger partial charge in [-0.3, -0.25) is 4.79 Å². The van der Waals surface area contributed by atoms with Crippen molar-refractivity contribution in [3.05, 3.63) is 93.8 Å². The van der Waals surface area contributed by atoms with Gasteiger partial charge in [0.15, 0.2) is 23.9 Å². The average molecular weight is 551 g/mol. The molecule has 0 atom stereocenters. The van der Waals surface area contributed by atoms with Crippen LogP contribution in [0.4, 0.5) is 0 Å². The summed E-state index contributed by atoms with van der Waals surface area (Å²) < 4.78 is 18.5.